The maximum Gasteiger partial charge on any atom is 0.354 e. The van der Waals surface area contributed by atoms with E-state index in [4.69, 9.17) is 32.5 Å². The molecule has 4 fully saturated rings. The van der Waals surface area contributed by atoms with Crippen molar-refractivity contribution in [2.24, 2.45) is 5.41 Å². The summed E-state index contributed by atoms with van der Waals surface area (Å²) in [5, 5.41) is 14.7. The van der Waals surface area contributed by atoms with E-state index in [1.807, 2.05) is 24.3 Å². The van der Waals surface area contributed by atoms with Crippen LogP contribution < -0.4 is 4.90 Å². The second kappa shape index (κ2) is 9.25. The Kier molecular flexibility index (Phi) is 5.95. The van der Waals surface area contributed by atoms with Crippen molar-refractivity contribution in [2.75, 3.05) is 4.90 Å². The smallest absolute Gasteiger partial charge is 0.354 e. The standard InChI is InChI=1S/C29H29Cl2N3O4/c30-22-2-1-3-23(31)25(22)26-21(27(38-33-26)16-4-5-16)15-37-20-12-29(13-20)10-17-6-7-18(11-29)34(17)19-8-9-24(28(35)36)32-14-19/h1-3,8-9,14,16-18,20H,4-7,10-13,15H2,(H,35,36)/t17-,18+,20?,29?. The van der Waals surface area contributed by atoms with E-state index in [9.17, 15) is 9.90 Å². The van der Waals surface area contributed by atoms with Crippen molar-refractivity contribution >= 4 is 34.9 Å². The zero-order valence-corrected chi connectivity index (χ0v) is 22.4. The first-order valence-electron chi connectivity index (χ1n) is 13.4. The van der Waals surface area contributed by atoms with Crippen LogP contribution in [-0.4, -0.2) is 39.4 Å². The lowest BCUT2D eigenvalue weighted by atomic mass is 9.59. The number of carboxylic acids is 1. The molecule has 38 heavy (non-hydrogen) atoms. The lowest BCUT2D eigenvalue weighted by Crippen LogP contribution is -2.54. The van der Waals surface area contributed by atoms with E-state index in [1.54, 1.807) is 12.3 Å². The number of aromatic nitrogens is 2. The van der Waals surface area contributed by atoms with Gasteiger partial charge in [-0.15, -0.1) is 0 Å². The summed E-state index contributed by atoms with van der Waals surface area (Å²) in [6.07, 6.45) is 10.9. The molecule has 4 aliphatic rings. The number of anilines is 1. The van der Waals surface area contributed by atoms with Gasteiger partial charge in [0, 0.05) is 29.1 Å². The van der Waals surface area contributed by atoms with E-state index in [2.05, 4.69) is 15.0 Å². The molecule has 7 rings (SSSR count). The van der Waals surface area contributed by atoms with E-state index in [1.165, 1.54) is 12.8 Å². The lowest BCUT2D eigenvalue weighted by Gasteiger charge is -2.55. The molecule has 0 radical (unpaired) electrons. The van der Waals surface area contributed by atoms with Gasteiger partial charge in [0.25, 0.3) is 0 Å². The SMILES string of the molecule is O=C(O)c1ccc(N2[C@@H]3CC[C@H]2CC2(CC(OCc4c(-c5c(Cl)cccc5Cl)noc4C4CC4)C2)C3)cn1. The van der Waals surface area contributed by atoms with Crippen LogP contribution >= 0.6 is 23.2 Å². The number of fused-ring (bicyclic) bond motifs is 2. The predicted molar refractivity (Wildman–Crippen MR) is 144 cm³/mol. The number of carboxylic acid groups (broad SMARTS) is 1. The van der Waals surface area contributed by atoms with Crippen LogP contribution in [0.3, 0.4) is 0 Å². The van der Waals surface area contributed by atoms with Gasteiger partial charge < -0.3 is 19.3 Å². The van der Waals surface area contributed by atoms with Crippen LogP contribution in [0.4, 0.5) is 5.69 Å². The molecular weight excluding hydrogens is 525 g/mol. The Balaban J connectivity index is 1.03. The molecule has 1 N–H and O–H groups in total. The first-order chi connectivity index (χ1) is 18.4. The van der Waals surface area contributed by atoms with Crippen molar-refractivity contribution in [3.8, 4) is 11.3 Å². The van der Waals surface area contributed by atoms with E-state index in [0.717, 1.165) is 55.5 Å². The minimum atomic E-state index is -0.991. The number of aromatic carboxylic acids is 1. The molecule has 198 valence electrons. The summed E-state index contributed by atoms with van der Waals surface area (Å²) in [6.45, 7) is 0.452. The van der Waals surface area contributed by atoms with Crippen molar-refractivity contribution in [2.45, 2.75) is 82.1 Å². The van der Waals surface area contributed by atoms with Crippen LogP contribution in [0, 0.1) is 5.41 Å². The van der Waals surface area contributed by atoms with Gasteiger partial charge in [-0.1, -0.05) is 34.4 Å². The monoisotopic (exact) mass is 553 g/mol. The van der Waals surface area contributed by atoms with Crippen LogP contribution in [0.25, 0.3) is 11.3 Å². The van der Waals surface area contributed by atoms with Crippen LogP contribution in [-0.2, 0) is 11.3 Å². The Morgan fingerprint density at radius 3 is 2.37 bits per heavy atom. The highest BCUT2D eigenvalue weighted by molar-refractivity contribution is 6.39. The third-order valence-corrected chi connectivity index (χ3v) is 9.60. The highest BCUT2D eigenvalue weighted by atomic mass is 35.5. The second-order valence-corrected chi connectivity index (χ2v) is 12.3. The Bertz CT molecular complexity index is 1340. The van der Waals surface area contributed by atoms with E-state index in [-0.39, 0.29) is 11.8 Å². The number of benzene rings is 1. The number of ether oxygens (including phenoxy) is 1. The Labute approximate surface area is 231 Å². The van der Waals surface area contributed by atoms with Gasteiger partial charge in [0.05, 0.1) is 34.6 Å². The van der Waals surface area contributed by atoms with Crippen molar-refractivity contribution in [1.29, 1.82) is 0 Å². The molecule has 0 unspecified atom stereocenters. The fourth-order valence-corrected chi connectivity index (χ4v) is 7.72. The van der Waals surface area contributed by atoms with Gasteiger partial charge in [-0.25, -0.2) is 9.78 Å². The Morgan fingerprint density at radius 1 is 1.05 bits per heavy atom. The van der Waals surface area contributed by atoms with E-state index < -0.39 is 5.97 Å². The predicted octanol–water partition coefficient (Wildman–Crippen LogP) is 7.12. The summed E-state index contributed by atoms with van der Waals surface area (Å²) in [4.78, 5) is 17.8. The fourth-order valence-electron chi connectivity index (χ4n) is 7.14. The highest BCUT2D eigenvalue weighted by Gasteiger charge is 2.54. The molecule has 9 heteroatoms. The minimum absolute atomic E-state index is 0.0891. The third kappa shape index (κ3) is 4.19. The van der Waals surface area contributed by atoms with Crippen LogP contribution in [0.15, 0.2) is 41.1 Å². The lowest BCUT2D eigenvalue weighted by molar-refractivity contribution is -0.103. The third-order valence-electron chi connectivity index (χ3n) is 8.97. The van der Waals surface area contributed by atoms with Gasteiger partial charge in [-0.05, 0) is 81.0 Å². The molecule has 2 bridgehead atoms. The summed E-state index contributed by atoms with van der Waals surface area (Å²) in [5.41, 5.74) is 3.84. The Morgan fingerprint density at radius 2 is 1.76 bits per heavy atom. The number of carbonyl (C=O) groups is 1. The van der Waals surface area contributed by atoms with Gasteiger partial charge in [-0.2, -0.15) is 0 Å². The van der Waals surface area contributed by atoms with Gasteiger partial charge >= 0.3 is 5.97 Å². The molecule has 2 aromatic heterocycles. The highest BCUT2D eigenvalue weighted by Crippen LogP contribution is 2.58. The number of nitrogens with zero attached hydrogens (tertiary/aromatic N) is 3. The zero-order valence-electron chi connectivity index (χ0n) is 20.9. The minimum Gasteiger partial charge on any atom is -0.477 e. The van der Waals surface area contributed by atoms with E-state index in [0.29, 0.717) is 51.3 Å². The topological polar surface area (TPSA) is 88.7 Å². The zero-order chi connectivity index (χ0) is 26.0. The average molecular weight is 554 g/mol. The summed E-state index contributed by atoms with van der Waals surface area (Å²) in [6, 6.07) is 9.95. The molecule has 2 atom stereocenters. The quantitative estimate of drug-likeness (QED) is 0.333. The normalized spacial score (nSPS) is 28.1. The molecule has 0 amide bonds. The largest absolute Gasteiger partial charge is 0.477 e. The average Bonchev–Trinajstić information content (AvgIpc) is 3.58. The summed E-state index contributed by atoms with van der Waals surface area (Å²) in [5.74, 6) is 0.330. The molecule has 7 nitrogen and oxygen atoms in total. The second-order valence-electron chi connectivity index (χ2n) is 11.5. The number of halogens is 2. The van der Waals surface area contributed by atoms with Crippen molar-refractivity contribution in [3.63, 3.8) is 0 Å². The van der Waals surface area contributed by atoms with Gasteiger partial charge in [0.15, 0.2) is 0 Å². The number of rotatable bonds is 7. The van der Waals surface area contributed by atoms with Crippen molar-refractivity contribution in [3.05, 3.63) is 63.6 Å². The fraction of sp³-hybridized carbons (Fsp3) is 0.483. The summed E-state index contributed by atoms with van der Waals surface area (Å²) in [7, 11) is 0. The van der Waals surface area contributed by atoms with E-state index >= 15 is 0 Å². The van der Waals surface area contributed by atoms with Gasteiger partial charge in [0.2, 0.25) is 0 Å². The summed E-state index contributed by atoms with van der Waals surface area (Å²) < 4.78 is 12.3. The maximum atomic E-state index is 11.2. The van der Waals surface area contributed by atoms with Crippen LogP contribution in [0.5, 0.6) is 0 Å². The molecule has 4 heterocycles. The number of hydrogen-bond acceptors (Lipinski definition) is 6. The summed E-state index contributed by atoms with van der Waals surface area (Å²) >= 11 is 13.0. The van der Waals surface area contributed by atoms with Gasteiger partial charge in [-0.3, -0.25) is 0 Å². The maximum absolute atomic E-state index is 11.2. The number of piperidine rings is 1. The first-order valence-corrected chi connectivity index (χ1v) is 14.2. The molecule has 2 aliphatic heterocycles. The molecular formula is C29H29Cl2N3O4. The van der Waals surface area contributed by atoms with Crippen molar-refractivity contribution in [1.82, 2.24) is 10.1 Å². The number of pyridine rings is 1. The molecule has 1 aromatic carbocycles. The molecule has 3 aromatic rings. The van der Waals surface area contributed by atoms with Crippen LogP contribution in [0.2, 0.25) is 10.0 Å². The molecule has 2 saturated carbocycles. The first kappa shape index (κ1) is 24.4. The van der Waals surface area contributed by atoms with Gasteiger partial charge in [0.1, 0.15) is 17.1 Å². The Hall–Kier alpha value is -2.61. The molecule has 2 aliphatic carbocycles. The van der Waals surface area contributed by atoms with Crippen molar-refractivity contribution < 1.29 is 19.2 Å². The number of hydrogen-bond donors (Lipinski definition) is 1. The van der Waals surface area contributed by atoms with Crippen LogP contribution in [0.1, 0.15) is 79.1 Å². The molecule has 1 spiro atoms. The molecule has 2 saturated heterocycles.